The van der Waals surface area contributed by atoms with E-state index in [1.54, 1.807) is 7.11 Å². The van der Waals surface area contributed by atoms with E-state index in [0.717, 1.165) is 32.6 Å². The topological polar surface area (TPSA) is 39.7 Å². The molecule has 0 saturated heterocycles. The monoisotopic (exact) mass is 281 g/mol. The molecule has 0 fully saturated rings. The third-order valence-corrected chi connectivity index (χ3v) is 3.03. The van der Waals surface area contributed by atoms with Crippen LogP contribution in [0.5, 0.6) is 0 Å². The summed E-state index contributed by atoms with van der Waals surface area (Å²) in [5, 5.41) is 3.17. The Bertz CT molecular complexity index is 344. The molecular weight excluding hydrogens is 254 g/mol. The number of hydrogen-bond donors (Lipinski definition) is 1. The van der Waals surface area contributed by atoms with Crippen molar-refractivity contribution in [3.63, 3.8) is 0 Å². The van der Waals surface area contributed by atoms with Gasteiger partial charge in [0.2, 0.25) is 0 Å². The summed E-state index contributed by atoms with van der Waals surface area (Å²) >= 11 is 0. The molecule has 0 bridgehead atoms. The zero-order valence-electron chi connectivity index (χ0n) is 12.7. The fraction of sp³-hybridized carbons (Fsp3) is 0.625. The molecular formula is C16H27NO3. The Kier molecular flexibility index (Phi) is 10.1. The van der Waals surface area contributed by atoms with Gasteiger partial charge in [-0.1, -0.05) is 24.3 Å². The van der Waals surface area contributed by atoms with E-state index < -0.39 is 0 Å². The van der Waals surface area contributed by atoms with Gasteiger partial charge in [-0.3, -0.25) is 0 Å². The molecule has 0 radical (unpaired) electrons. The molecule has 0 heterocycles. The van der Waals surface area contributed by atoms with Gasteiger partial charge in [0.15, 0.2) is 0 Å². The third-order valence-electron chi connectivity index (χ3n) is 3.03. The normalized spacial score (nSPS) is 10.9. The molecule has 0 unspecified atom stereocenters. The molecule has 0 aromatic heterocycles. The Labute approximate surface area is 122 Å². The van der Waals surface area contributed by atoms with Crippen LogP contribution in [0, 0.1) is 0 Å². The summed E-state index contributed by atoms with van der Waals surface area (Å²) in [6, 6.07) is 8.43. The average molecular weight is 281 g/mol. The van der Waals surface area contributed by atoms with Crippen molar-refractivity contribution < 1.29 is 14.2 Å². The molecule has 0 spiro atoms. The minimum Gasteiger partial charge on any atom is -0.385 e. The minimum absolute atomic E-state index is 0.632. The lowest BCUT2D eigenvalue weighted by atomic mass is 10.1. The smallest absolute Gasteiger partial charge is 0.0720 e. The second-order valence-electron chi connectivity index (χ2n) is 4.63. The molecule has 0 amide bonds. The van der Waals surface area contributed by atoms with E-state index >= 15 is 0 Å². The van der Waals surface area contributed by atoms with E-state index in [4.69, 9.17) is 14.2 Å². The van der Waals surface area contributed by atoms with Crippen molar-refractivity contribution in [2.24, 2.45) is 0 Å². The van der Waals surface area contributed by atoms with Gasteiger partial charge < -0.3 is 19.5 Å². The van der Waals surface area contributed by atoms with Crippen molar-refractivity contribution in [2.75, 3.05) is 47.1 Å². The molecule has 1 rings (SSSR count). The van der Waals surface area contributed by atoms with Gasteiger partial charge in [0.05, 0.1) is 19.8 Å². The first-order valence-corrected chi connectivity index (χ1v) is 7.24. The Morgan fingerprint density at radius 2 is 1.70 bits per heavy atom. The van der Waals surface area contributed by atoms with Crippen molar-refractivity contribution in [3.8, 4) is 0 Å². The highest BCUT2D eigenvalue weighted by atomic mass is 16.5. The maximum atomic E-state index is 5.67. The molecule has 20 heavy (non-hydrogen) atoms. The van der Waals surface area contributed by atoms with Crippen LogP contribution in [0.1, 0.15) is 17.5 Å². The molecule has 1 aromatic carbocycles. The average Bonchev–Trinajstić information content (AvgIpc) is 2.49. The molecule has 4 nitrogen and oxygen atoms in total. The highest BCUT2D eigenvalue weighted by Crippen LogP contribution is 2.10. The van der Waals surface area contributed by atoms with E-state index in [9.17, 15) is 0 Å². The number of likely N-dealkylation sites (N-methyl/N-ethyl adjacent to an activating group) is 1. The summed E-state index contributed by atoms with van der Waals surface area (Å²) in [6.07, 6.45) is 1.97. The maximum absolute atomic E-state index is 5.67. The van der Waals surface area contributed by atoms with E-state index in [1.165, 1.54) is 11.1 Å². The summed E-state index contributed by atoms with van der Waals surface area (Å²) < 4.78 is 16.1. The molecule has 0 saturated carbocycles. The number of nitrogens with one attached hydrogen (secondary N) is 1. The van der Waals surface area contributed by atoms with E-state index in [-0.39, 0.29) is 0 Å². The summed E-state index contributed by atoms with van der Waals surface area (Å²) in [6.45, 7) is 4.40. The van der Waals surface area contributed by atoms with Crippen LogP contribution in [-0.4, -0.2) is 47.1 Å². The van der Waals surface area contributed by atoms with Crippen LogP contribution in [0.25, 0.3) is 0 Å². The highest BCUT2D eigenvalue weighted by Gasteiger charge is 2.01. The van der Waals surface area contributed by atoms with Gasteiger partial charge in [0.1, 0.15) is 0 Å². The van der Waals surface area contributed by atoms with Gasteiger partial charge in [-0.05, 0) is 37.6 Å². The molecule has 0 aliphatic heterocycles. The van der Waals surface area contributed by atoms with Crippen molar-refractivity contribution in [1.82, 2.24) is 5.32 Å². The van der Waals surface area contributed by atoms with E-state index in [2.05, 4.69) is 29.6 Å². The van der Waals surface area contributed by atoms with Crippen LogP contribution in [0.15, 0.2) is 24.3 Å². The number of hydrogen-bond acceptors (Lipinski definition) is 4. The SMILES string of the molecule is CNCCc1ccccc1COCCOCCCOC. The van der Waals surface area contributed by atoms with Crippen LogP contribution < -0.4 is 5.32 Å². The van der Waals surface area contributed by atoms with Gasteiger partial charge >= 0.3 is 0 Å². The number of ether oxygens (including phenoxy) is 3. The number of benzene rings is 1. The van der Waals surface area contributed by atoms with Gasteiger partial charge in [0, 0.05) is 20.3 Å². The van der Waals surface area contributed by atoms with Crippen molar-refractivity contribution in [1.29, 1.82) is 0 Å². The summed E-state index contributed by atoms with van der Waals surface area (Å²) in [5.74, 6) is 0. The van der Waals surface area contributed by atoms with Crippen LogP contribution in [0.2, 0.25) is 0 Å². The first-order valence-electron chi connectivity index (χ1n) is 7.24. The van der Waals surface area contributed by atoms with Crippen LogP contribution >= 0.6 is 0 Å². The van der Waals surface area contributed by atoms with Crippen LogP contribution in [0.4, 0.5) is 0 Å². The van der Waals surface area contributed by atoms with Crippen molar-refractivity contribution in [3.05, 3.63) is 35.4 Å². The van der Waals surface area contributed by atoms with Gasteiger partial charge in [-0.15, -0.1) is 0 Å². The van der Waals surface area contributed by atoms with E-state index in [0.29, 0.717) is 19.8 Å². The van der Waals surface area contributed by atoms with Gasteiger partial charge in [-0.25, -0.2) is 0 Å². The Morgan fingerprint density at radius 3 is 2.45 bits per heavy atom. The standard InChI is InChI=1S/C16H27NO3/c1-17-9-8-15-6-3-4-7-16(15)14-20-13-12-19-11-5-10-18-2/h3-4,6-7,17H,5,8-14H2,1-2H3. The minimum atomic E-state index is 0.632. The maximum Gasteiger partial charge on any atom is 0.0720 e. The predicted octanol–water partition coefficient (Wildman–Crippen LogP) is 2.02. The zero-order chi connectivity index (χ0) is 14.5. The lowest BCUT2D eigenvalue weighted by molar-refractivity contribution is 0.0335. The molecule has 1 N–H and O–H groups in total. The largest absolute Gasteiger partial charge is 0.385 e. The molecule has 0 aliphatic rings. The fourth-order valence-electron chi connectivity index (χ4n) is 1.91. The van der Waals surface area contributed by atoms with Crippen molar-refractivity contribution >= 4 is 0 Å². The third kappa shape index (κ3) is 7.60. The molecule has 114 valence electrons. The summed E-state index contributed by atoms with van der Waals surface area (Å²) in [7, 11) is 3.68. The molecule has 0 aliphatic carbocycles. The molecule has 1 aromatic rings. The van der Waals surface area contributed by atoms with Crippen LogP contribution in [0.3, 0.4) is 0 Å². The summed E-state index contributed by atoms with van der Waals surface area (Å²) in [4.78, 5) is 0. The highest BCUT2D eigenvalue weighted by molar-refractivity contribution is 5.26. The lowest BCUT2D eigenvalue weighted by Crippen LogP contribution is -2.12. The second kappa shape index (κ2) is 11.9. The number of methoxy groups -OCH3 is 1. The first-order chi connectivity index (χ1) is 9.88. The first kappa shape index (κ1) is 17.1. The Morgan fingerprint density at radius 1 is 0.950 bits per heavy atom. The Balaban J connectivity index is 2.15. The van der Waals surface area contributed by atoms with E-state index in [1.807, 2.05) is 7.05 Å². The summed E-state index contributed by atoms with van der Waals surface area (Å²) in [5.41, 5.74) is 2.62. The van der Waals surface area contributed by atoms with Crippen LogP contribution in [-0.2, 0) is 27.2 Å². The predicted molar refractivity (Wildman–Crippen MR) is 81.0 cm³/mol. The molecule has 0 atom stereocenters. The van der Waals surface area contributed by atoms with Crippen molar-refractivity contribution in [2.45, 2.75) is 19.4 Å². The quantitative estimate of drug-likeness (QED) is 0.595. The van der Waals surface area contributed by atoms with Gasteiger partial charge in [-0.2, -0.15) is 0 Å². The zero-order valence-corrected chi connectivity index (χ0v) is 12.7. The lowest BCUT2D eigenvalue weighted by Gasteiger charge is -2.10. The fourth-order valence-corrected chi connectivity index (χ4v) is 1.91. The van der Waals surface area contributed by atoms with Gasteiger partial charge in [0.25, 0.3) is 0 Å². The molecule has 4 heteroatoms. The number of rotatable bonds is 12. The Hall–Kier alpha value is -0.940. The second-order valence-corrected chi connectivity index (χ2v) is 4.63.